The summed E-state index contributed by atoms with van der Waals surface area (Å²) < 4.78 is 0. The molecule has 1 aromatic carbocycles. The number of nitrogens with zero attached hydrogens (tertiary/aromatic N) is 1. The molecule has 11 nitrogen and oxygen atoms in total. The van der Waals surface area contributed by atoms with Gasteiger partial charge >= 0.3 is 0 Å². The van der Waals surface area contributed by atoms with Gasteiger partial charge in [0.05, 0.1) is 0 Å². The van der Waals surface area contributed by atoms with Crippen LogP contribution in [0.15, 0.2) is 35.7 Å². The molecule has 0 fully saturated rings. The molecule has 2 aromatic rings. The van der Waals surface area contributed by atoms with Crippen LogP contribution in [0.5, 0.6) is 0 Å². The van der Waals surface area contributed by atoms with E-state index in [4.69, 9.17) is 9.68 Å². The van der Waals surface area contributed by atoms with Gasteiger partial charge in [0.25, 0.3) is 11.8 Å². The molecule has 0 radical (unpaired) electrons. The molecule has 40 heavy (non-hydrogen) atoms. The molecule has 0 aliphatic rings. The summed E-state index contributed by atoms with van der Waals surface area (Å²) in [5.41, 5.74) is 5.69. The minimum absolute atomic E-state index is 0.160. The number of amides is 3. The molecule has 0 aliphatic heterocycles. The van der Waals surface area contributed by atoms with Gasteiger partial charge in [-0.2, -0.15) is 0 Å². The van der Waals surface area contributed by atoms with Crippen LogP contribution in [0, 0.1) is 6.92 Å². The number of aliphatic hydroxyl groups excluding tert-OH is 3. The third kappa shape index (κ3) is 11.3. The average molecular weight is 580 g/mol. The van der Waals surface area contributed by atoms with E-state index in [1.807, 2.05) is 31.4 Å². The minimum Gasteiger partial charge on any atom is -0.388 e. The molecule has 0 bridgehead atoms. The Balaban J connectivity index is 1.75. The molecular weight excluding hydrogens is 538 g/mol. The lowest BCUT2D eigenvalue weighted by atomic mass is 10.0. The highest BCUT2D eigenvalue weighted by Gasteiger charge is 2.26. The summed E-state index contributed by atoms with van der Waals surface area (Å²) in [6, 6.07) is 8.74. The van der Waals surface area contributed by atoms with Crippen molar-refractivity contribution in [3.63, 3.8) is 0 Å². The molecule has 1 unspecified atom stereocenters. The first-order valence-electron chi connectivity index (χ1n) is 13.5. The van der Waals surface area contributed by atoms with Crippen molar-refractivity contribution in [3.8, 4) is 0 Å². The van der Waals surface area contributed by atoms with E-state index in [-0.39, 0.29) is 23.8 Å². The zero-order valence-corrected chi connectivity index (χ0v) is 24.1. The van der Waals surface area contributed by atoms with Crippen molar-refractivity contribution < 1.29 is 39.4 Å². The van der Waals surface area contributed by atoms with Gasteiger partial charge < -0.3 is 20.2 Å². The number of aryl methyl sites for hydroxylation is 2. The Bertz CT molecular complexity index is 1060. The van der Waals surface area contributed by atoms with E-state index < -0.39 is 37.4 Å². The largest absolute Gasteiger partial charge is 0.388 e. The van der Waals surface area contributed by atoms with Crippen molar-refractivity contribution in [1.29, 1.82) is 0 Å². The van der Waals surface area contributed by atoms with Crippen LogP contribution in [0.2, 0.25) is 0 Å². The first-order valence-corrected chi connectivity index (χ1v) is 14.3. The number of aliphatic hydroxyl groups is 3. The van der Waals surface area contributed by atoms with E-state index >= 15 is 0 Å². The van der Waals surface area contributed by atoms with Crippen LogP contribution in [-0.2, 0) is 20.9 Å². The van der Waals surface area contributed by atoms with Gasteiger partial charge in [-0.1, -0.05) is 19.9 Å². The number of hydrogen-bond acceptors (Lipinski definition) is 9. The second kappa shape index (κ2) is 17.7. The third-order valence-electron chi connectivity index (χ3n) is 5.92. The SMILES string of the molecule is CCCN(CCC)C(=O)c1cc(C)cc(C(=O)NOC[C@H](O)[C@H](O)C(O)CONC(=O)CCCc2cccs2)c1. The molecule has 3 atom stereocenters. The molecule has 5 N–H and O–H groups in total. The molecule has 1 heterocycles. The lowest BCUT2D eigenvalue weighted by Gasteiger charge is -2.23. The van der Waals surface area contributed by atoms with E-state index in [0.29, 0.717) is 25.1 Å². The van der Waals surface area contributed by atoms with Gasteiger partial charge in [0.1, 0.15) is 31.5 Å². The highest BCUT2D eigenvalue weighted by Crippen LogP contribution is 2.14. The zero-order valence-electron chi connectivity index (χ0n) is 23.3. The van der Waals surface area contributed by atoms with Crippen LogP contribution >= 0.6 is 11.3 Å². The van der Waals surface area contributed by atoms with E-state index in [1.54, 1.807) is 35.3 Å². The number of carbonyl (C=O) groups excluding carboxylic acids is 3. The summed E-state index contributed by atoms with van der Waals surface area (Å²) in [7, 11) is 0. The standard InChI is InChI=1S/C28H41N3O8S/c1-4-11-31(12-5-2)28(37)21-15-19(3)14-20(16-21)27(36)30-39-18-24(33)26(35)23(32)17-38-29-25(34)10-6-8-22-9-7-13-40-22/h7,9,13-16,23-24,26,32-33,35H,4-6,8,10-12,17-18H2,1-3H3,(H,29,34)(H,30,36)/t23?,24-,26+/m0/s1. The Morgan fingerprint density at radius 2 is 1.57 bits per heavy atom. The minimum atomic E-state index is -1.67. The Hall–Kier alpha value is -2.87. The molecular formula is C28H41N3O8S. The predicted octanol–water partition coefficient (Wildman–Crippen LogP) is 2.13. The molecule has 0 aliphatic carbocycles. The number of hydroxylamine groups is 2. The second-order valence-electron chi connectivity index (χ2n) is 9.52. The number of hydrogen-bond donors (Lipinski definition) is 5. The highest BCUT2D eigenvalue weighted by molar-refractivity contribution is 7.09. The average Bonchev–Trinajstić information content (AvgIpc) is 3.45. The number of benzene rings is 1. The fourth-order valence-corrected chi connectivity index (χ4v) is 4.67. The van der Waals surface area contributed by atoms with Crippen LogP contribution in [0.4, 0.5) is 0 Å². The van der Waals surface area contributed by atoms with Crippen LogP contribution < -0.4 is 11.0 Å². The van der Waals surface area contributed by atoms with Crippen LogP contribution in [-0.4, -0.2) is 82.6 Å². The topological polar surface area (TPSA) is 158 Å². The molecule has 2 rings (SSSR count). The van der Waals surface area contributed by atoms with Crippen molar-refractivity contribution in [2.75, 3.05) is 26.3 Å². The van der Waals surface area contributed by atoms with Crippen molar-refractivity contribution >= 4 is 29.1 Å². The maximum atomic E-state index is 12.9. The number of rotatable bonds is 18. The quantitative estimate of drug-likeness (QED) is 0.168. The maximum absolute atomic E-state index is 12.9. The van der Waals surface area contributed by atoms with Crippen LogP contribution in [0.1, 0.15) is 70.7 Å². The van der Waals surface area contributed by atoms with Crippen LogP contribution in [0.3, 0.4) is 0 Å². The summed E-state index contributed by atoms with van der Waals surface area (Å²) in [4.78, 5) is 50.3. The van der Waals surface area contributed by atoms with Gasteiger partial charge in [-0.25, -0.2) is 11.0 Å². The van der Waals surface area contributed by atoms with Crippen LogP contribution in [0.25, 0.3) is 0 Å². The number of thiophene rings is 1. The third-order valence-corrected chi connectivity index (χ3v) is 6.85. The summed E-state index contributed by atoms with van der Waals surface area (Å²) in [5.74, 6) is -1.16. The van der Waals surface area contributed by atoms with Gasteiger partial charge in [-0.15, -0.1) is 11.3 Å². The lowest BCUT2D eigenvalue weighted by molar-refractivity contribution is -0.145. The Kier molecular flexibility index (Phi) is 14.8. The molecule has 1 aromatic heterocycles. The van der Waals surface area contributed by atoms with Gasteiger partial charge in [0, 0.05) is 35.5 Å². The van der Waals surface area contributed by atoms with Gasteiger partial charge in [-0.05, 0) is 67.8 Å². The molecule has 12 heteroatoms. The monoisotopic (exact) mass is 579 g/mol. The summed E-state index contributed by atoms with van der Waals surface area (Å²) in [6.45, 7) is 6.00. The zero-order chi connectivity index (χ0) is 29.5. The van der Waals surface area contributed by atoms with E-state index in [9.17, 15) is 29.7 Å². The fraction of sp³-hybridized carbons (Fsp3) is 0.536. The highest BCUT2D eigenvalue weighted by atomic mass is 32.1. The Labute approximate surface area is 239 Å². The smallest absolute Gasteiger partial charge is 0.274 e. The number of carbonyl (C=O) groups is 3. The maximum Gasteiger partial charge on any atom is 0.274 e. The summed E-state index contributed by atoms with van der Waals surface area (Å²) in [5, 5.41) is 32.3. The molecule has 0 saturated carbocycles. The van der Waals surface area contributed by atoms with Crippen molar-refractivity contribution in [1.82, 2.24) is 15.9 Å². The van der Waals surface area contributed by atoms with E-state index in [0.717, 1.165) is 24.8 Å². The van der Waals surface area contributed by atoms with Crippen molar-refractivity contribution in [2.45, 2.75) is 71.2 Å². The number of nitrogens with one attached hydrogen (secondary N) is 2. The normalized spacial score (nSPS) is 13.3. The Morgan fingerprint density at radius 1 is 0.950 bits per heavy atom. The molecule has 0 spiro atoms. The molecule has 3 amide bonds. The first-order chi connectivity index (χ1) is 19.2. The lowest BCUT2D eigenvalue weighted by Crippen LogP contribution is -2.44. The van der Waals surface area contributed by atoms with Gasteiger partial charge in [0.2, 0.25) is 5.91 Å². The van der Waals surface area contributed by atoms with Gasteiger partial charge in [-0.3, -0.25) is 24.1 Å². The van der Waals surface area contributed by atoms with Gasteiger partial charge in [0.15, 0.2) is 0 Å². The second-order valence-corrected chi connectivity index (χ2v) is 10.5. The van der Waals surface area contributed by atoms with Crippen molar-refractivity contribution in [3.05, 3.63) is 57.3 Å². The Morgan fingerprint density at radius 3 is 2.17 bits per heavy atom. The summed E-state index contributed by atoms with van der Waals surface area (Å²) >= 11 is 1.62. The predicted molar refractivity (Wildman–Crippen MR) is 150 cm³/mol. The van der Waals surface area contributed by atoms with E-state index in [2.05, 4.69) is 11.0 Å². The van der Waals surface area contributed by atoms with E-state index in [1.165, 1.54) is 10.9 Å². The first kappa shape index (κ1) is 33.3. The summed E-state index contributed by atoms with van der Waals surface area (Å²) in [6.07, 6.45) is -1.48. The molecule has 0 saturated heterocycles. The fourth-order valence-electron chi connectivity index (χ4n) is 3.92. The molecule has 222 valence electrons. The van der Waals surface area contributed by atoms with Crippen molar-refractivity contribution in [2.24, 2.45) is 0 Å².